The van der Waals surface area contributed by atoms with Crippen molar-refractivity contribution in [2.75, 3.05) is 13.7 Å². The number of ether oxygens (including phenoxy) is 2. The fourth-order valence-electron chi connectivity index (χ4n) is 2.03. The normalized spacial score (nSPS) is 10.7. The zero-order valence-electron chi connectivity index (χ0n) is 12.3. The lowest BCUT2D eigenvalue weighted by Crippen LogP contribution is -1.99. The third-order valence-electron chi connectivity index (χ3n) is 3.26. The molecule has 0 aliphatic carbocycles. The maximum atomic E-state index is 5.72. The van der Waals surface area contributed by atoms with E-state index in [1.807, 2.05) is 0 Å². The molecule has 2 heteroatoms. The summed E-state index contributed by atoms with van der Waals surface area (Å²) in [6, 6.07) is 17.0. The second kappa shape index (κ2) is 7.83. The van der Waals surface area contributed by atoms with Gasteiger partial charge >= 0.3 is 0 Å². The molecule has 0 radical (unpaired) electrons. The molecule has 0 aliphatic heterocycles. The Kier molecular flexibility index (Phi) is 5.78. The van der Waals surface area contributed by atoms with Crippen molar-refractivity contribution < 1.29 is 9.47 Å². The summed E-state index contributed by atoms with van der Waals surface area (Å²) in [6.07, 6.45) is 0.944. The van der Waals surface area contributed by atoms with Crippen LogP contribution in [-0.2, 0) is 29.1 Å². The molecule has 0 fully saturated rings. The molecule has 0 bridgehead atoms. The molecule has 2 aromatic carbocycles. The molecule has 0 saturated heterocycles. The van der Waals surface area contributed by atoms with Gasteiger partial charge in [0, 0.05) is 7.11 Å². The van der Waals surface area contributed by atoms with Crippen LogP contribution in [0.1, 0.15) is 22.3 Å². The lowest BCUT2D eigenvalue weighted by molar-refractivity contribution is 0.124. The fourth-order valence-corrected chi connectivity index (χ4v) is 2.03. The van der Waals surface area contributed by atoms with Gasteiger partial charge in [-0.3, -0.25) is 0 Å². The van der Waals surface area contributed by atoms with Gasteiger partial charge in [0.15, 0.2) is 0 Å². The summed E-state index contributed by atoms with van der Waals surface area (Å²) in [4.78, 5) is 0. The summed E-state index contributed by atoms with van der Waals surface area (Å²) in [5, 5.41) is 0. The van der Waals surface area contributed by atoms with Crippen LogP contribution in [0.3, 0.4) is 0 Å². The highest BCUT2D eigenvalue weighted by atomic mass is 16.5. The molecule has 2 rings (SSSR count). The third kappa shape index (κ3) is 4.80. The van der Waals surface area contributed by atoms with Gasteiger partial charge in [0.25, 0.3) is 0 Å². The van der Waals surface area contributed by atoms with Crippen LogP contribution < -0.4 is 0 Å². The summed E-state index contributed by atoms with van der Waals surface area (Å²) in [6.45, 7) is 4.20. The van der Waals surface area contributed by atoms with Crippen LogP contribution in [0.25, 0.3) is 0 Å². The molecule has 0 amide bonds. The van der Waals surface area contributed by atoms with Gasteiger partial charge in [-0.1, -0.05) is 54.1 Å². The van der Waals surface area contributed by atoms with Gasteiger partial charge in [0.1, 0.15) is 0 Å². The van der Waals surface area contributed by atoms with Gasteiger partial charge in [-0.15, -0.1) is 0 Å². The monoisotopic (exact) mass is 270 g/mol. The van der Waals surface area contributed by atoms with Crippen LogP contribution in [0, 0.1) is 6.92 Å². The highest BCUT2D eigenvalue weighted by Crippen LogP contribution is 2.08. The Morgan fingerprint density at radius 3 is 1.95 bits per heavy atom. The smallest absolute Gasteiger partial charge is 0.0717 e. The van der Waals surface area contributed by atoms with Crippen molar-refractivity contribution in [3.05, 3.63) is 70.8 Å². The number of methoxy groups -OCH3 is 1. The van der Waals surface area contributed by atoms with E-state index in [1.54, 1.807) is 7.11 Å². The topological polar surface area (TPSA) is 18.5 Å². The van der Waals surface area contributed by atoms with E-state index >= 15 is 0 Å². The molecule has 0 atom stereocenters. The van der Waals surface area contributed by atoms with Gasteiger partial charge in [-0.25, -0.2) is 0 Å². The Bertz CT molecular complexity index is 500. The number of rotatable bonds is 7. The van der Waals surface area contributed by atoms with Crippen LogP contribution in [-0.4, -0.2) is 13.7 Å². The first-order chi connectivity index (χ1) is 9.78. The quantitative estimate of drug-likeness (QED) is 0.710. The van der Waals surface area contributed by atoms with E-state index in [0.29, 0.717) is 13.2 Å². The molecule has 0 N–H and O–H groups in total. The van der Waals surface area contributed by atoms with Crippen molar-refractivity contribution in [1.82, 2.24) is 0 Å². The molecular weight excluding hydrogens is 248 g/mol. The van der Waals surface area contributed by atoms with Crippen LogP contribution in [0.2, 0.25) is 0 Å². The zero-order valence-corrected chi connectivity index (χ0v) is 12.3. The Morgan fingerprint density at radius 1 is 0.750 bits per heavy atom. The minimum absolute atomic E-state index is 0.671. The lowest BCUT2D eigenvalue weighted by Gasteiger charge is -2.06. The molecule has 20 heavy (non-hydrogen) atoms. The van der Waals surface area contributed by atoms with Crippen molar-refractivity contribution in [3.63, 3.8) is 0 Å². The van der Waals surface area contributed by atoms with Crippen molar-refractivity contribution >= 4 is 0 Å². The van der Waals surface area contributed by atoms with Crippen molar-refractivity contribution in [2.24, 2.45) is 0 Å². The Hall–Kier alpha value is -1.64. The second-order valence-corrected chi connectivity index (χ2v) is 5.04. The average molecular weight is 270 g/mol. The fraction of sp³-hybridized carbons (Fsp3) is 0.333. The lowest BCUT2D eigenvalue weighted by atomic mass is 10.1. The van der Waals surface area contributed by atoms with Gasteiger partial charge < -0.3 is 9.47 Å². The molecule has 0 unspecified atom stereocenters. The number of hydrogen-bond donors (Lipinski definition) is 0. The van der Waals surface area contributed by atoms with Crippen LogP contribution in [0.4, 0.5) is 0 Å². The third-order valence-corrected chi connectivity index (χ3v) is 3.26. The summed E-state index contributed by atoms with van der Waals surface area (Å²) in [5.74, 6) is 0. The van der Waals surface area contributed by atoms with E-state index in [4.69, 9.17) is 9.47 Å². The molecule has 106 valence electrons. The predicted octanol–water partition coefficient (Wildman–Crippen LogP) is 3.90. The molecule has 2 nitrogen and oxygen atoms in total. The summed E-state index contributed by atoms with van der Waals surface area (Å²) < 4.78 is 10.8. The van der Waals surface area contributed by atoms with E-state index < -0.39 is 0 Å². The maximum absolute atomic E-state index is 5.72. The van der Waals surface area contributed by atoms with Crippen LogP contribution in [0.5, 0.6) is 0 Å². The average Bonchev–Trinajstić information content (AvgIpc) is 2.47. The van der Waals surface area contributed by atoms with Gasteiger partial charge in [0.05, 0.1) is 19.8 Å². The number of benzene rings is 2. The molecule has 0 spiro atoms. The SMILES string of the molecule is COCc1ccc(CCOCc2ccc(C)cc2)cc1. The highest BCUT2D eigenvalue weighted by molar-refractivity contribution is 5.22. The Morgan fingerprint density at radius 2 is 1.30 bits per heavy atom. The second-order valence-electron chi connectivity index (χ2n) is 5.04. The van der Waals surface area contributed by atoms with Gasteiger partial charge in [-0.2, -0.15) is 0 Å². The Labute approximate surface area is 121 Å². The molecule has 2 aromatic rings. The minimum Gasteiger partial charge on any atom is -0.380 e. The molecule has 0 saturated carbocycles. The first-order valence-corrected chi connectivity index (χ1v) is 6.98. The zero-order chi connectivity index (χ0) is 14.2. The first kappa shape index (κ1) is 14.8. The maximum Gasteiger partial charge on any atom is 0.0717 e. The van der Waals surface area contributed by atoms with E-state index in [2.05, 4.69) is 55.5 Å². The van der Waals surface area contributed by atoms with Crippen molar-refractivity contribution in [2.45, 2.75) is 26.6 Å². The molecule has 0 aliphatic rings. The number of aryl methyl sites for hydroxylation is 1. The summed E-state index contributed by atoms with van der Waals surface area (Å²) >= 11 is 0. The van der Waals surface area contributed by atoms with E-state index in [0.717, 1.165) is 13.0 Å². The van der Waals surface area contributed by atoms with Crippen molar-refractivity contribution in [3.8, 4) is 0 Å². The minimum atomic E-state index is 0.671. The largest absolute Gasteiger partial charge is 0.380 e. The first-order valence-electron chi connectivity index (χ1n) is 6.98. The Balaban J connectivity index is 1.71. The molecular formula is C18H22O2. The van der Waals surface area contributed by atoms with Gasteiger partial charge in [-0.05, 0) is 30.0 Å². The predicted molar refractivity (Wildman–Crippen MR) is 81.7 cm³/mol. The highest BCUT2D eigenvalue weighted by Gasteiger charge is 1.97. The summed E-state index contributed by atoms with van der Waals surface area (Å²) in [7, 11) is 1.72. The van der Waals surface area contributed by atoms with Crippen LogP contribution >= 0.6 is 0 Å². The molecule has 0 heterocycles. The molecule has 0 aromatic heterocycles. The van der Waals surface area contributed by atoms with E-state index in [9.17, 15) is 0 Å². The number of hydrogen-bond acceptors (Lipinski definition) is 2. The van der Waals surface area contributed by atoms with E-state index in [1.165, 1.54) is 22.3 Å². The van der Waals surface area contributed by atoms with Crippen molar-refractivity contribution in [1.29, 1.82) is 0 Å². The summed E-state index contributed by atoms with van der Waals surface area (Å²) in [5.41, 5.74) is 5.02. The van der Waals surface area contributed by atoms with E-state index in [-0.39, 0.29) is 0 Å². The standard InChI is InChI=1S/C18H22O2/c1-15-3-5-18(6-4-15)14-20-12-11-16-7-9-17(10-8-16)13-19-2/h3-10H,11-14H2,1-2H3. The van der Waals surface area contributed by atoms with Crippen LogP contribution in [0.15, 0.2) is 48.5 Å². The van der Waals surface area contributed by atoms with Gasteiger partial charge in [0.2, 0.25) is 0 Å².